The molecular formula is C14H15ClN6. The first kappa shape index (κ1) is 13.6. The van der Waals surface area contributed by atoms with Gasteiger partial charge < -0.3 is 10.7 Å². The minimum absolute atomic E-state index is 0.336. The van der Waals surface area contributed by atoms with Crippen molar-refractivity contribution in [3.05, 3.63) is 58.6 Å². The highest BCUT2D eigenvalue weighted by atomic mass is 35.5. The van der Waals surface area contributed by atoms with Gasteiger partial charge in [-0.2, -0.15) is 0 Å². The van der Waals surface area contributed by atoms with E-state index in [4.69, 9.17) is 17.3 Å². The van der Waals surface area contributed by atoms with Crippen LogP contribution in [-0.4, -0.2) is 25.0 Å². The van der Waals surface area contributed by atoms with E-state index in [-0.39, 0.29) is 0 Å². The summed E-state index contributed by atoms with van der Waals surface area (Å²) in [7, 11) is 0. The molecular weight excluding hydrogens is 288 g/mol. The van der Waals surface area contributed by atoms with Crippen molar-refractivity contribution in [2.45, 2.75) is 19.4 Å². The van der Waals surface area contributed by atoms with Crippen molar-refractivity contribution in [1.82, 2.24) is 25.0 Å². The molecule has 6 nitrogen and oxygen atoms in total. The standard InChI is InChI=1S/C14H15ClN6/c15-13-12(17-14(16)18-13)7-6-11-9-21(20-19-11)8-10-4-2-1-3-5-10/h1-5,9H,6-8H2,(H3,16,17,18). The predicted molar refractivity (Wildman–Crippen MR) is 81.0 cm³/mol. The number of H-pyrrole nitrogens is 1. The molecule has 0 aliphatic carbocycles. The van der Waals surface area contributed by atoms with E-state index in [1.54, 1.807) is 0 Å². The van der Waals surface area contributed by atoms with Crippen LogP contribution in [0.15, 0.2) is 36.5 Å². The normalized spacial score (nSPS) is 10.9. The molecule has 0 aliphatic heterocycles. The topological polar surface area (TPSA) is 85.4 Å². The SMILES string of the molecule is Nc1nc(Cl)c(CCc2cn(Cc3ccccc3)nn2)[nH]1. The number of anilines is 1. The second kappa shape index (κ2) is 5.97. The van der Waals surface area contributed by atoms with Gasteiger partial charge in [0, 0.05) is 6.20 Å². The average molecular weight is 303 g/mol. The fourth-order valence-corrected chi connectivity index (χ4v) is 2.36. The summed E-state index contributed by atoms with van der Waals surface area (Å²) in [5, 5.41) is 8.72. The Morgan fingerprint density at radius 1 is 1.19 bits per heavy atom. The molecule has 3 aromatic rings. The molecule has 3 N–H and O–H groups in total. The van der Waals surface area contributed by atoms with Crippen molar-refractivity contribution in [1.29, 1.82) is 0 Å². The summed E-state index contributed by atoms with van der Waals surface area (Å²) in [6.07, 6.45) is 3.38. The van der Waals surface area contributed by atoms with Crippen LogP contribution in [0.3, 0.4) is 0 Å². The summed E-state index contributed by atoms with van der Waals surface area (Å²) in [4.78, 5) is 6.87. The van der Waals surface area contributed by atoms with E-state index in [9.17, 15) is 0 Å². The molecule has 7 heteroatoms. The Morgan fingerprint density at radius 2 is 2.00 bits per heavy atom. The lowest BCUT2D eigenvalue weighted by Crippen LogP contribution is -1.99. The molecule has 0 amide bonds. The van der Waals surface area contributed by atoms with Crippen molar-refractivity contribution in [2.24, 2.45) is 0 Å². The number of halogens is 1. The fraction of sp³-hybridized carbons (Fsp3) is 0.214. The Morgan fingerprint density at radius 3 is 2.71 bits per heavy atom. The van der Waals surface area contributed by atoms with E-state index in [2.05, 4.69) is 32.4 Å². The summed E-state index contributed by atoms with van der Waals surface area (Å²) in [6, 6.07) is 10.1. The maximum absolute atomic E-state index is 5.96. The van der Waals surface area contributed by atoms with Crippen LogP contribution in [0.1, 0.15) is 17.0 Å². The molecule has 0 fully saturated rings. The maximum Gasteiger partial charge on any atom is 0.199 e. The van der Waals surface area contributed by atoms with E-state index in [1.807, 2.05) is 29.1 Å². The first-order valence-corrected chi connectivity index (χ1v) is 7.01. The summed E-state index contributed by atoms with van der Waals surface area (Å²) >= 11 is 5.96. The number of aromatic nitrogens is 5. The molecule has 3 rings (SSSR count). The fourth-order valence-electron chi connectivity index (χ4n) is 2.13. The van der Waals surface area contributed by atoms with E-state index in [0.717, 1.165) is 17.8 Å². The zero-order chi connectivity index (χ0) is 14.7. The summed E-state index contributed by atoms with van der Waals surface area (Å²) < 4.78 is 1.83. The molecule has 2 aromatic heterocycles. The number of nitrogens with one attached hydrogen (secondary N) is 1. The largest absolute Gasteiger partial charge is 0.369 e. The number of benzene rings is 1. The highest BCUT2D eigenvalue weighted by Crippen LogP contribution is 2.15. The lowest BCUT2D eigenvalue weighted by Gasteiger charge is -1.99. The van der Waals surface area contributed by atoms with Gasteiger partial charge in [0.1, 0.15) is 0 Å². The van der Waals surface area contributed by atoms with Gasteiger partial charge in [-0.05, 0) is 18.4 Å². The van der Waals surface area contributed by atoms with Gasteiger partial charge in [0.05, 0.1) is 17.9 Å². The number of aryl methyl sites for hydroxylation is 2. The van der Waals surface area contributed by atoms with E-state index in [0.29, 0.717) is 24.1 Å². The lowest BCUT2D eigenvalue weighted by molar-refractivity contribution is 0.649. The van der Waals surface area contributed by atoms with Crippen molar-refractivity contribution >= 4 is 17.5 Å². The van der Waals surface area contributed by atoms with Crippen molar-refractivity contribution in [3.8, 4) is 0 Å². The molecule has 2 heterocycles. The summed E-state index contributed by atoms with van der Waals surface area (Å²) in [6.45, 7) is 0.714. The molecule has 0 spiro atoms. The van der Waals surface area contributed by atoms with Crippen LogP contribution in [0.25, 0.3) is 0 Å². The molecule has 0 saturated heterocycles. The third kappa shape index (κ3) is 3.41. The molecule has 1 aromatic carbocycles. The smallest absolute Gasteiger partial charge is 0.199 e. The number of hydrogen-bond acceptors (Lipinski definition) is 4. The predicted octanol–water partition coefficient (Wildman–Crippen LogP) is 2.07. The van der Waals surface area contributed by atoms with Gasteiger partial charge in [0.15, 0.2) is 11.1 Å². The average Bonchev–Trinajstić information content (AvgIpc) is 3.04. The highest BCUT2D eigenvalue weighted by Gasteiger charge is 2.08. The number of nitrogen functional groups attached to an aromatic ring is 1. The molecule has 0 bridgehead atoms. The number of hydrogen-bond donors (Lipinski definition) is 2. The Labute approximate surface area is 127 Å². The van der Waals surface area contributed by atoms with Gasteiger partial charge >= 0.3 is 0 Å². The van der Waals surface area contributed by atoms with Crippen molar-refractivity contribution < 1.29 is 0 Å². The Bertz CT molecular complexity index is 718. The van der Waals surface area contributed by atoms with Crippen LogP contribution >= 0.6 is 11.6 Å². The van der Waals surface area contributed by atoms with Crippen LogP contribution in [-0.2, 0) is 19.4 Å². The van der Waals surface area contributed by atoms with E-state index in [1.165, 1.54) is 5.56 Å². The minimum Gasteiger partial charge on any atom is -0.369 e. The van der Waals surface area contributed by atoms with Crippen molar-refractivity contribution in [3.63, 3.8) is 0 Å². The lowest BCUT2D eigenvalue weighted by atomic mass is 10.2. The number of imidazole rings is 1. The third-order valence-electron chi connectivity index (χ3n) is 3.15. The highest BCUT2D eigenvalue weighted by molar-refractivity contribution is 6.30. The molecule has 108 valence electrons. The quantitative estimate of drug-likeness (QED) is 0.755. The zero-order valence-electron chi connectivity index (χ0n) is 11.3. The van der Waals surface area contributed by atoms with Crippen LogP contribution in [0, 0.1) is 0 Å². The van der Waals surface area contributed by atoms with Gasteiger partial charge in [-0.15, -0.1) is 5.10 Å². The molecule has 0 atom stereocenters. The Hall–Kier alpha value is -2.34. The summed E-state index contributed by atoms with van der Waals surface area (Å²) in [5.74, 6) is 0.336. The van der Waals surface area contributed by atoms with E-state index < -0.39 is 0 Å². The summed E-state index contributed by atoms with van der Waals surface area (Å²) in [5.41, 5.74) is 8.49. The second-order valence-corrected chi connectivity index (χ2v) is 5.14. The Balaban J connectivity index is 1.61. The molecule has 0 unspecified atom stereocenters. The minimum atomic E-state index is 0.336. The molecule has 0 radical (unpaired) electrons. The molecule has 0 saturated carbocycles. The number of rotatable bonds is 5. The van der Waals surface area contributed by atoms with Gasteiger partial charge in [0.2, 0.25) is 0 Å². The third-order valence-corrected chi connectivity index (χ3v) is 3.46. The zero-order valence-corrected chi connectivity index (χ0v) is 12.1. The Kier molecular flexibility index (Phi) is 3.87. The maximum atomic E-state index is 5.96. The molecule has 21 heavy (non-hydrogen) atoms. The van der Waals surface area contributed by atoms with Crippen LogP contribution in [0.5, 0.6) is 0 Å². The van der Waals surface area contributed by atoms with E-state index >= 15 is 0 Å². The molecule has 0 aliphatic rings. The first-order valence-electron chi connectivity index (χ1n) is 6.63. The van der Waals surface area contributed by atoms with Crippen molar-refractivity contribution in [2.75, 3.05) is 5.73 Å². The number of nitrogens with zero attached hydrogens (tertiary/aromatic N) is 4. The number of aromatic amines is 1. The van der Waals surface area contributed by atoms with Gasteiger partial charge in [0.25, 0.3) is 0 Å². The first-order chi connectivity index (χ1) is 10.2. The monoisotopic (exact) mass is 302 g/mol. The van der Waals surface area contributed by atoms with Gasteiger partial charge in [-0.25, -0.2) is 9.67 Å². The van der Waals surface area contributed by atoms with Gasteiger partial charge in [-0.1, -0.05) is 47.1 Å². The van der Waals surface area contributed by atoms with Crippen LogP contribution < -0.4 is 5.73 Å². The van der Waals surface area contributed by atoms with Crippen LogP contribution in [0.2, 0.25) is 5.15 Å². The van der Waals surface area contributed by atoms with Gasteiger partial charge in [-0.3, -0.25) is 0 Å². The second-order valence-electron chi connectivity index (χ2n) is 4.78. The number of nitrogens with two attached hydrogens (primary N) is 1. The van der Waals surface area contributed by atoms with Crippen LogP contribution in [0.4, 0.5) is 5.95 Å².